The molecule has 0 aliphatic rings. The van der Waals surface area contributed by atoms with Crippen LogP contribution in [0.15, 0.2) is 71.8 Å². The van der Waals surface area contributed by atoms with Crippen molar-refractivity contribution >= 4 is 10.0 Å². The molecular weight excluding hydrogens is 360 g/mol. The number of ether oxygens (including phenoxy) is 1. The molecule has 1 heterocycles. The summed E-state index contributed by atoms with van der Waals surface area (Å²) < 4.78 is 33.5. The zero-order valence-electron chi connectivity index (χ0n) is 15.3. The van der Waals surface area contributed by atoms with E-state index in [0.717, 1.165) is 22.3 Å². The Morgan fingerprint density at radius 2 is 1.74 bits per heavy atom. The van der Waals surface area contributed by atoms with E-state index in [1.165, 1.54) is 0 Å². The Morgan fingerprint density at radius 1 is 0.963 bits per heavy atom. The van der Waals surface area contributed by atoms with Gasteiger partial charge >= 0.3 is 0 Å². The summed E-state index contributed by atoms with van der Waals surface area (Å²) in [4.78, 5) is 4.48. The highest BCUT2D eigenvalue weighted by Gasteiger charge is 2.16. The van der Waals surface area contributed by atoms with Crippen LogP contribution in [0.4, 0.5) is 0 Å². The van der Waals surface area contributed by atoms with Gasteiger partial charge in [-0.15, -0.1) is 0 Å². The lowest BCUT2D eigenvalue weighted by atomic mass is 10.2. The number of hydrogen-bond acceptors (Lipinski definition) is 4. The lowest BCUT2D eigenvalue weighted by molar-refractivity contribution is 0.293. The van der Waals surface area contributed by atoms with Gasteiger partial charge in [-0.2, -0.15) is 0 Å². The molecule has 5 nitrogen and oxygen atoms in total. The number of hydrogen-bond donors (Lipinski definition) is 1. The van der Waals surface area contributed by atoms with Crippen molar-refractivity contribution in [2.24, 2.45) is 0 Å². The molecule has 27 heavy (non-hydrogen) atoms. The second-order valence-electron chi connectivity index (χ2n) is 6.37. The highest BCUT2D eigenvalue weighted by Crippen LogP contribution is 2.17. The van der Waals surface area contributed by atoms with Gasteiger partial charge in [-0.05, 0) is 42.7 Å². The molecule has 0 saturated carbocycles. The number of nitrogens with one attached hydrogen (secondary N) is 1. The van der Waals surface area contributed by atoms with E-state index in [-0.39, 0.29) is 6.54 Å². The molecule has 0 radical (unpaired) electrons. The van der Waals surface area contributed by atoms with E-state index in [9.17, 15) is 8.42 Å². The van der Waals surface area contributed by atoms with Crippen LogP contribution in [0, 0.1) is 13.8 Å². The Morgan fingerprint density at radius 3 is 2.48 bits per heavy atom. The van der Waals surface area contributed by atoms with Crippen molar-refractivity contribution in [2.45, 2.75) is 31.9 Å². The molecule has 0 bridgehead atoms. The summed E-state index contributed by atoms with van der Waals surface area (Å²) >= 11 is 0. The maximum atomic E-state index is 12.6. The number of benzene rings is 2. The van der Waals surface area contributed by atoms with Crippen LogP contribution in [0.2, 0.25) is 0 Å². The molecule has 6 heteroatoms. The smallest absolute Gasteiger partial charge is 0.241 e. The van der Waals surface area contributed by atoms with Crippen LogP contribution < -0.4 is 9.46 Å². The molecule has 0 saturated heterocycles. The fraction of sp³-hybridized carbons (Fsp3) is 0.190. The number of aryl methyl sites for hydroxylation is 2. The summed E-state index contributed by atoms with van der Waals surface area (Å²) in [6, 6.07) is 18.6. The van der Waals surface area contributed by atoms with Gasteiger partial charge in [0, 0.05) is 18.8 Å². The van der Waals surface area contributed by atoms with Gasteiger partial charge in [0.25, 0.3) is 0 Å². The highest BCUT2D eigenvalue weighted by molar-refractivity contribution is 7.89. The topological polar surface area (TPSA) is 68.3 Å². The monoisotopic (exact) mass is 382 g/mol. The number of sulfonamides is 1. The van der Waals surface area contributed by atoms with Gasteiger partial charge in [0.05, 0.1) is 4.90 Å². The third kappa shape index (κ3) is 5.15. The zero-order valence-corrected chi connectivity index (χ0v) is 16.2. The van der Waals surface area contributed by atoms with Gasteiger partial charge in [-0.1, -0.05) is 48.0 Å². The van der Waals surface area contributed by atoms with Crippen molar-refractivity contribution in [3.05, 3.63) is 89.1 Å². The maximum Gasteiger partial charge on any atom is 0.241 e. The van der Waals surface area contributed by atoms with E-state index in [2.05, 4.69) is 9.71 Å². The predicted molar refractivity (Wildman–Crippen MR) is 105 cm³/mol. The standard InChI is InChI=1S/C21H22N2O3S/c1-16-8-9-20(17(2)12-16)27(24,25)23-14-19-10-11-22-21(13-19)26-15-18-6-4-3-5-7-18/h3-13,23H,14-15H2,1-2H3. The third-order valence-electron chi connectivity index (χ3n) is 4.12. The molecule has 1 aromatic heterocycles. The first-order valence-corrected chi connectivity index (χ1v) is 10.1. The second kappa shape index (κ2) is 8.33. The van der Waals surface area contributed by atoms with E-state index < -0.39 is 10.0 Å². The molecule has 2 aromatic carbocycles. The normalized spacial score (nSPS) is 11.3. The molecule has 0 unspecified atom stereocenters. The Labute approximate surface area is 160 Å². The Balaban J connectivity index is 1.65. The van der Waals surface area contributed by atoms with Gasteiger partial charge in [-0.25, -0.2) is 18.1 Å². The zero-order chi connectivity index (χ0) is 19.3. The molecule has 0 aliphatic carbocycles. The predicted octanol–water partition coefficient (Wildman–Crippen LogP) is 3.76. The van der Waals surface area contributed by atoms with Crippen molar-refractivity contribution in [1.29, 1.82) is 0 Å². The number of pyridine rings is 1. The molecular formula is C21H22N2O3S. The number of rotatable bonds is 7. The lowest BCUT2D eigenvalue weighted by Gasteiger charge is -2.11. The van der Waals surface area contributed by atoms with Crippen LogP contribution in [0.3, 0.4) is 0 Å². The molecule has 140 valence electrons. The van der Waals surface area contributed by atoms with Crippen LogP contribution in [-0.2, 0) is 23.2 Å². The Hall–Kier alpha value is -2.70. The molecule has 3 aromatic rings. The first-order chi connectivity index (χ1) is 12.9. The quantitative estimate of drug-likeness (QED) is 0.676. The van der Waals surface area contributed by atoms with E-state index in [0.29, 0.717) is 17.4 Å². The molecule has 0 fully saturated rings. The van der Waals surface area contributed by atoms with Gasteiger partial charge in [-0.3, -0.25) is 0 Å². The summed E-state index contributed by atoms with van der Waals surface area (Å²) in [7, 11) is -3.59. The second-order valence-corrected chi connectivity index (χ2v) is 8.11. The minimum atomic E-state index is -3.59. The SMILES string of the molecule is Cc1ccc(S(=O)(=O)NCc2ccnc(OCc3ccccc3)c2)c(C)c1. The lowest BCUT2D eigenvalue weighted by Crippen LogP contribution is -2.24. The first kappa shape index (κ1) is 19.1. The largest absolute Gasteiger partial charge is 0.473 e. The number of nitrogens with zero attached hydrogens (tertiary/aromatic N) is 1. The molecule has 0 aliphatic heterocycles. The van der Waals surface area contributed by atoms with Crippen LogP contribution >= 0.6 is 0 Å². The summed E-state index contributed by atoms with van der Waals surface area (Å²) in [6.07, 6.45) is 1.61. The maximum absolute atomic E-state index is 12.6. The summed E-state index contributed by atoms with van der Waals surface area (Å²) in [6.45, 7) is 4.31. The van der Waals surface area contributed by atoms with Gasteiger partial charge in [0.15, 0.2) is 0 Å². The van der Waals surface area contributed by atoms with Crippen LogP contribution in [0.25, 0.3) is 0 Å². The van der Waals surface area contributed by atoms with Crippen LogP contribution in [0.5, 0.6) is 5.88 Å². The van der Waals surface area contributed by atoms with Gasteiger partial charge in [0.1, 0.15) is 6.61 Å². The van der Waals surface area contributed by atoms with Crippen molar-refractivity contribution in [1.82, 2.24) is 9.71 Å². The Kier molecular flexibility index (Phi) is 5.88. The number of aromatic nitrogens is 1. The summed E-state index contributed by atoms with van der Waals surface area (Å²) in [5.74, 6) is 0.460. The average Bonchev–Trinajstić information content (AvgIpc) is 2.66. The van der Waals surface area contributed by atoms with Crippen molar-refractivity contribution in [2.75, 3.05) is 0 Å². The van der Waals surface area contributed by atoms with Crippen molar-refractivity contribution in [3.8, 4) is 5.88 Å². The van der Waals surface area contributed by atoms with E-state index in [1.54, 1.807) is 37.4 Å². The molecule has 0 atom stereocenters. The highest BCUT2D eigenvalue weighted by atomic mass is 32.2. The minimum Gasteiger partial charge on any atom is -0.473 e. The molecule has 0 amide bonds. The van der Waals surface area contributed by atoms with Crippen molar-refractivity contribution < 1.29 is 13.2 Å². The average molecular weight is 382 g/mol. The van der Waals surface area contributed by atoms with E-state index in [1.807, 2.05) is 43.3 Å². The Bertz CT molecular complexity index is 1020. The minimum absolute atomic E-state index is 0.167. The summed E-state index contributed by atoms with van der Waals surface area (Å²) in [5, 5.41) is 0. The van der Waals surface area contributed by atoms with Crippen LogP contribution in [-0.4, -0.2) is 13.4 Å². The van der Waals surface area contributed by atoms with Gasteiger partial charge in [0.2, 0.25) is 15.9 Å². The molecule has 0 spiro atoms. The fourth-order valence-electron chi connectivity index (χ4n) is 2.73. The van der Waals surface area contributed by atoms with Crippen LogP contribution in [0.1, 0.15) is 22.3 Å². The van der Waals surface area contributed by atoms with E-state index >= 15 is 0 Å². The molecule has 1 N–H and O–H groups in total. The fourth-order valence-corrected chi connectivity index (χ4v) is 3.97. The molecule has 3 rings (SSSR count). The van der Waals surface area contributed by atoms with E-state index in [4.69, 9.17) is 4.74 Å². The third-order valence-corrected chi connectivity index (χ3v) is 5.68. The van der Waals surface area contributed by atoms with Gasteiger partial charge < -0.3 is 4.74 Å². The van der Waals surface area contributed by atoms with Crippen molar-refractivity contribution in [3.63, 3.8) is 0 Å². The first-order valence-electron chi connectivity index (χ1n) is 8.62. The summed E-state index contributed by atoms with van der Waals surface area (Å²) in [5.41, 5.74) is 3.58.